The fourth-order valence-corrected chi connectivity index (χ4v) is 7.29. The van der Waals surface area contributed by atoms with E-state index in [0.717, 1.165) is 35.9 Å². The number of amides is 6. The average Bonchev–Trinajstić information content (AvgIpc) is 3.87. The first kappa shape index (κ1) is 56.2. The lowest BCUT2D eigenvalue weighted by molar-refractivity contribution is -0.141. The molecule has 0 saturated heterocycles. The van der Waals surface area contributed by atoms with Gasteiger partial charge in [-0.2, -0.15) is 0 Å². The Balaban J connectivity index is 1.42. The first-order valence-corrected chi connectivity index (χ1v) is 22.7. The van der Waals surface area contributed by atoms with E-state index in [1.165, 1.54) is 4.90 Å². The normalized spacial score (nSPS) is 13.8. The average molecular weight is 984 g/mol. The van der Waals surface area contributed by atoms with E-state index in [4.69, 9.17) is 29.8 Å². The lowest BCUT2D eigenvalue weighted by Crippen LogP contribution is -2.57. The summed E-state index contributed by atoms with van der Waals surface area (Å²) in [5.41, 5.74) is 7.38. The van der Waals surface area contributed by atoms with E-state index in [1.807, 2.05) is 55.7 Å². The number of benzene rings is 2. The maximum Gasteiger partial charge on any atom is 0.305 e. The third-order valence-corrected chi connectivity index (χ3v) is 10.7. The second kappa shape index (κ2) is 28.3. The predicted molar refractivity (Wildman–Crippen MR) is 248 cm³/mol. The van der Waals surface area contributed by atoms with E-state index >= 15 is 4.39 Å². The van der Waals surface area contributed by atoms with E-state index < -0.39 is 96.3 Å². The minimum Gasteiger partial charge on any atom is -0.481 e. The summed E-state index contributed by atoms with van der Waals surface area (Å²) in [4.78, 5) is 90.3. The van der Waals surface area contributed by atoms with Crippen LogP contribution in [0.25, 0.3) is 11.1 Å². The molecule has 4 rings (SSSR count). The second-order valence-corrected chi connectivity index (χ2v) is 17.1. The molecule has 22 heteroatoms. The van der Waals surface area contributed by atoms with Crippen molar-refractivity contribution < 1.29 is 71.5 Å². The number of nitrogens with zero attached hydrogens (tertiary/aromatic N) is 3. The molecule has 7 N–H and O–H groups in total. The van der Waals surface area contributed by atoms with Gasteiger partial charge in [0.1, 0.15) is 30.8 Å². The number of aliphatic hydroxyl groups is 1. The number of carbonyl (C=O) groups is 7. The van der Waals surface area contributed by atoms with Gasteiger partial charge >= 0.3 is 5.97 Å². The molecular weight excluding hydrogens is 921 g/mol. The number of carboxylic acids is 1. The molecule has 0 aliphatic carbocycles. The van der Waals surface area contributed by atoms with Gasteiger partial charge in [0.15, 0.2) is 0 Å². The van der Waals surface area contributed by atoms with Crippen LogP contribution in [0.1, 0.15) is 50.9 Å². The number of ether oxygens (including phenoxy) is 4. The van der Waals surface area contributed by atoms with Crippen molar-refractivity contribution in [1.29, 1.82) is 0 Å². The zero-order valence-corrected chi connectivity index (χ0v) is 39.5. The van der Waals surface area contributed by atoms with Crippen LogP contribution in [0.2, 0.25) is 0 Å². The van der Waals surface area contributed by atoms with Crippen LogP contribution in [0, 0.1) is 17.0 Å². The maximum atomic E-state index is 15.2. The van der Waals surface area contributed by atoms with Gasteiger partial charge in [-0.1, -0.05) is 51.1 Å². The van der Waals surface area contributed by atoms with Crippen LogP contribution >= 0.6 is 0 Å². The monoisotopic (exact) mass is 983 g/mol. The number of aliphatic carboxylic acids is 1. The van der Waals surface area contributed by atoms with E-state index in [9.17, 15) is 43.1 Å². The highest BCUT2D eigenvalue weighted by atomic mass is 19.1. The number of carboxylic acid groups (broad SMARTS) is 1. The number of nitrogens with two attached hydrogens (primary N) is 1. The SMILES string of the molecule is CC(C)(C)C(c1cc(-c2cc(F)ccc2F)cn1Cc1ccccc1)N(CCC(N)C(=O)NC(CNC(=O)CN1C(=O)C=CC1=O)C(=O)NCCOCCOCCOCCOCCC(=O)O)C(=O)CO. The molecule has 2 aromatic carbocycles. The highest BCUT2D eigenvalue weighted by molar-refractivity contribution is 6.14. The van der Waals surface area contributed by atoms with Crippen LogP contribution in [0.4, 0.5) is 8.78 Å². The van der Waals surface area contributed by atoms with Crippen LogP contribution in [-0.4, -0.2) is 164 Å². The van der Waals surface area contributed by atoms with Crippen molar-refractivity contribution >= 4 is 41.4 Å². The number of hydrogen-bond donors (Lipinski definition) is 6. The molecule has 1 aliphatic heterocycles. The molecule has 0 spiro atoms. The van der Waals surface area contributed by atoms with Crippen molar-refractivity contribution in [3.63, 3.8) is 0 Å². The Hall–Kier alpha value is -6.43. The standard InChI is InChI=1S/C48H63F2N7O13/c1-48(2,3)45(39-25-33(35-26-34(49)9-10-36(35)50)29-55(39)28-32-7-5-4-6-8-32)56(43(62)31-58)16-13-37(51)46(65)54-38(27-53-40(59)30-57-41(60)11-12-42(57)61)47(66)52-15-18-68-20-22-70-24-23-69-21-19-67-17-14-44(63)64/h4-12,25-26,29,37-38,45,58H,13-24,27-28,30-31,51H2,1-3H3,(H,52,66)(H,53,59)(H,54,65)(H,63,64). The largest absolute Gasteiger partial charge is 0.481 e. The molecule has 0 radical (unpaired) electrons. The van der Waals surface area contributed by atoms with Crippen molar-refractivity contribution in [2.45, 2.75) is 58.3 Å². The summed E-state index contributed by atoms with van der Waals surface area (Å²) in [5.74, 6) is -6.75. The summed E-state index contributed by atoms with van der Waals surface area (Å²) in [6, 6.07) is 10.5. The topological polar surface area (TPSA) is 270 Å². The number of hydrogen-bond acceptors (Lipinski definition) is 13. The minimum absolute atomic E-state index is 0.00252. The molecule has 70 heavy (non-hydrogen) atoms. The highest BCUT2D eigenvalue weighted by Crippen LogP contribution is 2.41. The molecular formula is C48H63F2N7O13. The van der Waals surface area contributed by atoms with Crippen LogP contribution in [0.5, 0.6) is 0 Å². The van der Waals surface area contributed by atoms with Gasteiger partial charge in [0, 0.05) is 61.3 Å². The Morgan fingerprint density at radius 1 is 0.814 bits per heavy atom. The van der Waals surface area contributed by atoms with Crippen molar-refractivity contribution in [3.8, 4) is 11.1 Å². The van der Waals surface area contributed by atoms with Gasteiger partial charge in [-0.3, -0.25) is 38.5 Å². The Morgan fingerprint density at radius 2 is 1.43 bits per heavy atom. The Labute approximate surface area is 404 Å². The lowest BCUT2D eigenvalue weighted by atomic mass is 9.82. The molecule has 3 aromatic rings. The quantitative estimate of drug-likeness (QED) is 0.0392. The zero-order chi connectivity index (χ0) is 51.2. The number of aromatic nitrogens is 1. The van der Waals surface area contributed by atoms with Gasteiger partial charge < -0.3 is 60.3 Å². The maximum absolute atomic E-state index is 15.2. The van der Waals surface area contributed by atoms with Gasteiger partial charge in [0.25, 0.3) is 11.8 Å². The van der Waals surface area contributed by atoms with E-state index in [1.54, 1.807) is 12.3 Å². The molecule has 3 unspecified atom stereocenters. The number of imide groups is 1. The van der Waals surface area contributed by atoms with E-state index in [2.05, 4.69) is 16.0 Å². The smallest absolute Gasteiger partial charge is 0.305 e. The molecule has 382 valence electrons. The predicted octanol–water partition coefficient (Wildman–Crippen LogP) is 1.29. The summed E-state index contributed by atoms with van der Waals surface area (Å²) in [7, 11) is 0. The summed E-state index contributed by atoms with van der Waals surface area (Å²) in [5, 5.41) is 26.5. The van der Waals surface area contributed by atoms with E-state index in [0.29, 0.717) is 16.2 Å². The molecule has 20 nitrogen and oxygen atoms in total. The van der Waals surface area contributed by atoms with Gasteiger partial charge in [-0.25, -0.2) is 8.78 Å². The van der Waals surface area contributed by atoms with Crippen molar-refractivity contribution in [3.05, 3.63) is 95.8 Å². The van der Waals surface area contributed by atoms with Crippen LogP contribution in [-0.2, 0) is 59.1 Å². The van der Waals surface area contributed by atoms with Crippen LogP contribution in [0.3, 0.4) is 0 Å². The Bertz CT molecular complexity index is 2250. The molecule has 0 bridgehead atoms. The number of carbonyl (C=O) groups excluding carboxylic acids is 6. The summed E-state index contributed by atoms with van der Waals surface area (Å²) in [6.45, 7) is 5.17. The molecule has 0 saturated carbocycles. The molecule has 6 amide bonds. The fraction of sp³-hybridized carbons (Fsp3) is 0.479. The van der Waals surface area contributed by atoms with E-state index in [-0.39, 0.29) is 90.9 Å². The lowest BCUT2D eigenvalue weighted by Gasteiger charge is -2.41. The Morgan fingerprint density at radius 3 is 2.03 bits per heavy atom. The van der Waals surface area contributed by atoms with Crippen LogP contribution < -0.4 is 21.7 Å². The fourth-order valence-electron chi connectivity index (χ4n) is 7.29. The van der Waals surface area contributed by atoms with Crippen molar-refractivity contribution in [2.24, 2.45) is 11.1 Å². The Kier molecular flexibility index (Phi) is 22.7. The number of halogens is 2. The molecule has 2 heterocycles. The molecule has 1 aliphatic rings. The first-order chi connectivity index (χ1) is 33.4. The number of nitrogens with one attached hydrogen (secondary N) is 3. The van der Waals surface area contributed by atoms with Crippen molar-refractivity contribution in [1.82, 2.24) is 30.3 Å². The number of rotatable bonds is 31. The molecule has 3 atom stereocenters. The minimum atomic E-state index is -1.42. The highest BCUT2D eigenvalue weighted by Gasteiger charge is 2.38. The van der Waals surface area contributed by atoms with Gasteiger partial charge in [-0.05, 0) is 41.7 Å². The van der Waals surface area contributed by atoms with Crippen LogP contribution in [0.15, 0.2) is 72.9 Å². The number of aliphatic hydroxyl groups excluding tert-OH is 1. The summed E-state index contributed by atoms with van der Waals surface area (Å²) in [6.07, 6.45) is 3.40. The third-order valence-electron chi connectivity index (χ3n) is 10.7. The van der Waals surface area contributed by atoms with Crippen molar-refractivity contribution in [2.75, 3.05) is 85.6 Å². The molecule has 0 fully saturated rings. The molecule has 1 aromatic heterocycles. The van der Waals surface area contributed by atoms with Gasteiger partial charge in [0.2, 0.25) is 23.6 Å². The van der Waals surface area contributed by atoms with Gasteiger partial charge in [0.05, 0.1) is 71.4 Å². The van der Waals surface area contributed by atoms with Gasteiger partial charge in [-0.15, -0.1) is 0 Å². The second-order valence-electron chi connectivity index (χ2n) is 17.1. The first-order valence-electron chi connectivity index (χ1n) is 22.7. The summed E-state index contributed by atoms with van der Waals surface area (Å²) >= 11 is 0. The zero-order valence-electron chi connectivity index (χ0n) is 39.5. The third kappa shape index (κ3) is 18.1. The summed E-state index contributed by atoms with van der Waals surface area (Å²) < 4.78 is 52.9.